The number of ether oxygens (including phenoxy) is 1. The second-order valence-electron chi connectivity index (χ2n) is 4.52. The van der Waals surface area contributed by atoms with Crippen molar-refractivity contribution in [3.63, 3.8) is 0 Å². The first-order chi connectivity index (χ1) is 10.7. The first-order valence-electron chi connectivity index (χ1n) is 7.07. The number of anilines is 2. The third kappa shape index (κ3) is 4.09. The minimum absolute atomic E-state index is 0.234. The van der Waals surface area contributed by atoms with Crippen LogP contribution in [0.25, 0.3) is 0 Å². The molecule has 0 aliphatic heterocycles. The number of aromatic nitrogens is 1. The minimum Gasteiger partial charge on any atom is -0.492 e. The summed E-state index contributed by atoms with van der Waals surface area (Å²) in [6, 6.07) is 9.07. The number of para-hydroxylation sites is 2. The first kappa shape index (κ1) is 15.6. The van der Waals surface area contributed by atoms with Gasteiger partial charge in [-0.15, -0.1) is 6.58 Å². The lowest BCUT2D eigenvalue weighted by Crippen LogP contribution is -2.13. The quantitative estimate of drug-likeness (QED) is 0.769. The molecular weight excluding hydrogens is 278 g/mol. The lowest BCUT2D eigenvalue weighted by atomic mass is 10.2. The molecule has 0 aliphatic carbocycles. The van der Waals surface area contributed by atoms with Crippen LogP contribution in [0, 0.1) is 0 Å². The molecule has 114 valence electrons. The molecule has 0 bridgehead atoms. The lowest BCUT2D eigenvalue weighted by Gasteiger charge is -2.11. The largest absolute Gasteiger partial charge is 0.492 e. The van der Waals surface area contributed by atoms with E-state index in [4.69, 9.17) is 4.74 Å². The number of hydrogen-bond acceptors (Lipinski definition) is 4. The van der Waals surface area contributed by atoms with Crippen LogP contribution in [0.3, 0.4) is 0 Å². The van der Waals surface area contributed by atoms with Crippen molar-refractivity contribution in [3.05, 3.63) is 60.9 Å². The summed E-state index contributed by atoms with van der Waals surface area (Å²) in [6.45, 7) is 6.69. The predicted octanol–water partition coefficient (Wildman–Crippen LogP) is 3.33. The summed E-state index contributed by atoms with van der Waals surface area (Å²) in [5, 5.41) is 5.94. The fourth-order valence-electron chi connectivity index (χ4n) is 1.90. The number of carbonyl (C=O) groups excluding carboxylic acids is 1. The van der Waals surface area contributed by atoms with Crippen LogP contribution in [0.15, 0.2) is 55.4 Å². The van der Waals surface area contributed by atoms with Crippen LogP contribution >= 0.6 is 0 Å². The van der Waals surface area contributed by atoms with Gasteiger partial charge in [-0.3, -0.25) is 9.78 Å². The normalized spacial score (nSPS) is 9.86. The van der Waals surface area contributed by atoms with E-state index in [0.29, 0.717) is 30.2 Å². The molecule has 1 amide bonds. The fraction of sp³-hybridized carbons (Fsp3) is 0.176. The van der Waals surface area contributed by atoms with Crippen LogP contribution in [-0.2, 0) is 0 Å². The van der Waals surface area contributed by atoms with E-state index in [1.54, 1.807) is 24.4 Å². The molecule has 5 nitrogen and oxygen atoms in total. The Morgan fingerprint density at radius 1 is 1.36 bits per heavy atom. The summed E-state index contributed by atoms with van der Waals surface area (Å²) < 4.78 is 5.50. The average molecular weight is 297 g/mol. The monoisotopic (exact) mass is 297 g/mol. The van der Waals surface area contributed by atoms with Gasteiger partial charge in [0.15, 0.2) is 0 Å². The Bertz CT molecular complexity index is 656. The van der Waals surface area contributed by atoms with Gasteiger partial charge in [0.05, 0.1) is 23.5 Å². The van der Waals surface area contributed by atoms with Crippen LogP contribution in [0.1, 0.15) is 17.3 Å². The van der Waals surface area contributed by atoms with Crippen molar-refractivity contribution in [3.8, 4) is 5.75 Å². The topological polar surface area (TPSA) is 63.2 Å². The molecule has 2 aromatic rings. The van der Waals surface area contributed by atoms with E-state index in [2.05, 4.69) is 22.2 Å². The summed E-state index contributed by atoms with van der Waals surface area (Å²) >= 11 is 0. The van der Waals surface area contributed by atoms with Gasteiger partial charge in [0.1, 0.15) is 5.75 Å². The number of amides is 1. The number of nitrogens with zero attached hydrogens (tertiary/aromatic N) is 1. The third-order valence-electron chi connectivity index (χ3n) is 2.89. The number of nitrogens with one attached hydrogen (secondary N) is 2. The van der Waals surface area contributed by atoms with Crippen molar-refractivity contribution in [2.75, 3.05) is 23.8 Å². The Morgan fingerprint density at radius 3 is 2.95 bits per heavy atom. The maximum Gasteiger partial charge on any atom is 0.257 e. The van der Waals surface area contributed by atoms with E-state index in [1.807, 2.05) is 25.1 Å². The van der Waals surface area contributed by atoms with Crippen molar-refractivity contribution < 1.29 is 9.53 Å². The van der Waals surface area contributed by atoms with Gasteiger partial charge in [0.25, 0.3) is 5.91 Å². The highest BCUT2D eigenvalue weighted by Crippen LogP contribution is 2.24. The Labute approximate surface area is 130 Å². The van der Waals surface area contributed by atoms with Crippen molar-refractivity contribution in [2.24, 2.45) is 0 Å². The second-order valence-corrected chi connectivity index (χ2v) is 4.52. The van der Waals surface area contributed by atoms with E-state index in [0.717, 1.165) is 5.69 Å². The van der Waals surface area contributed by atoms with Gasteiger partial charge < -0.3 is 15.4 Å². The molecule has 0 aliphatic rings. The molecule has 22 heavy (non-hydrogen) atoms. The van der Waals surface area contributed by atoms with Gasteiger partial charge >= 0.3 is 0 Å². The van der Waals surface area contributed by atoms with Crippen LogP contribution in [0.5, 0.6) is 5.75 Å². The zero-order chi connectivity index (χ0) is 15.8. The van der Waals surface area contributed by atoms with E-state index in [-0.39, 0.29) is 5.91 Å². The summed E-state index contributed by atoms with van der Waals surface area (Å²) in [5.41, 5.74) is 1.88. The Balaban J connectivity index is 2.13. The average Bonchev–Trinajstić information content (AvgIpc) is 2.55. The van der Waals surface area contributed by atoms with Crippen LogP contribution in [-0.4, -0.2) is 24.0 Å². The Morgan fingerprint density at radius 2 is 2.18 bits per heavy atom. The van der Waals surface area contributed by atoms with Gasteiger partial charge in [-0.05, 0) is 25.1 Å². The van der Waals surface area contributed by atoms with E-state index < -0.39 is 0 Å². The van der Waals surface area contributed by atoms with Crippen LogP contribution in [0.4, 0.5) is 11.4 Å². The fourth-order valence-corrected chi connectivity index (χ4v) is 1.90. The summed E-state index contributed by atoms with van der Waals surface area (Å²) in [6.07, 6.45) is 4.93. The van der Waals surface area contributed by atoms with Gasteiger partial charge in [-0.2, -0.15) is 0 Å². The maximum absolute atomic E-state index is 12.3. The summed E-state index contributed by atoms with van der Waals surface area (Å²) in [7, 11) is 0. The molecule has 2 rings (SSSR count). The predicted molar refractivity (Wildman–Crippen MR) is 88.5 cm³/mol. The molecule has 0 radical (unpaired) electrons. The van der Waals surface area contributed by atoms with Crippen molar-refractivity contribution >= 4 is 17.3 Å². The smallest absolute Gasteiger partial charge is 0.257 e. The molecule has 1 heterocycles. The standard InChI is InChI=1S/C17H19N3O2/c1-3-9-19-14-10-13(11-18-12-14)17(21)20-15-7-5-6-8-16(15)22-4-2/h3,5-8,10-12,19H,1,4,9H2,2H3,(H,20,21). The summed E-state index contributed by atoms with van der Waals surface area (Å²) in [4.78, 5) is 16.4. The maximum atomic E-state index is 12.3. The minimum atomic E-state index is -0.234. The molecule has 2 N–H and O–H groups in total. The molecule has 1 aromatic heterocycles. The SMILES string of the molecule is C=CCNc1cncc(C(=O)Nc2ccccc2OCC)c1. The molecule has 5 heteroatoms. The van der Waals surface area contributed by atoms with Gasteiger partial charge in [0.2, 0.25) is 0 Å². The molecule has 1 aromatic carbocycles. The first-order valence-corrected chi connectivity index (χ1v) is 7.07. The molecule has 0 atom stereocenters. The van der Waals surface area contributed by atoms with Gasteiger partial charge in [-0.25, -0.2) is 0 Å². The van der Waals surface area contributed by atoms with Crippen molar-refractivity contribution in [1.82, 2.24) is 4.98 Å². The molecule has 0 spiro atoms. The Kier molecular flexibility index (Phi) is 5.54. The molecule has 0 saturated carbocycles. The number of hydrogen-bond donors (Lipinski definition) is 2. The lowest BCUT2D eigenvalue weighted by molar-refractivity contribution is 0.102. The number of rotatable bonds is 7. The van der Waals surface area contributed by atoms with Crippen molar-refractivity contribution in [1.29, 1.82) is 0 Å². The zero-order valence-corrected chi connectivity index (χ0v) is 12.5. The highest BCUT2D eigenvalue weighted by Gasteiger charge is 2.10. The van der Waals surface area contributed by atoms with Gasteiger partial charge in [-0.1, -0.05) is 18.2 Å². The molecule has 0 fully saturated rings. The van der Waals surface area contributed by atoms with E-state index >= 15 is 0 Å². The Hall–Kier alpha value is -2.82. The van der Waals surface area contributed by atoms with Crippen LogP contribution < -0.4 is 15.4 Å². The van der Waals surface area contributed by atoms with Gasteiger partial charge in [0, 0.05) is 18.9 Å². The highest BCUT2D eigenvalue weighted by atomic mass is 16.5. The van der Waals surface area contributed by atoms with Crippen LogP contribution in [0.2, 0.25) is 0 Å². The second kappa shape index (κ2) is 7.83. The van der Waals surface area contributed by atoms with Crippen molar-refractivity contribution in [2.45, 2.75) is 6.92 Å². The number of carbonyl (C=O) groups is 1. The zero-order valence-electron chi connectivity index (χ0n) is 12.5. The van der Waals surface area contributed by atoms with E-state index in [1.165, 1.54) is 6.20 Å². The molecule has 0 unspecified atom stereocenters. The number of pyridine rings is 1. The van der Waals surface area contributed by atoms with E-state index in [9.17, 15) is 4.79 Å². The highest BCUT2D eigenvalue weighted by molar-refractivity contribution is 6.05. The third-order valence-corrected chi connectivity index (χ3v) is 2.89. The summed E-state index contributed by atoms with van der Waals surface area (Å²) in [5.74, 6) is 0.411. The molecule has 0 saturated heterocycles. The number of benzene rings is 1. The molecular formula is C17H19N3O2.